The molecule has 0 aliphatic carbocycles. The van der Waals surface area contributed by atoms with Gasteiger partial charge in [0.25, 0.3) is 5.91 Å². The number of halogens is 1. The second-order valence-electron chi connectivity index (χ2n) is 3.49. The molecule has 90 valence electrons. The second kappa shape index (κ2) is 4.43. The van der Waals surface area contributed by atoms with Gasteiger partial charge in [-0.25, -0.2) is 4.39 Å². The second-order valence-corrected chi connectivity index (χ2v) is 5.41. The highest BCUT2D eigenvalue weighted by atomic mass is 32.1. The predicted molar refractivity (Wildman–Crippen MR) is 69.6 cm³/mol. The zero-order chi connectivity index (χ0) is 12.5. The van der Waals surface area contributed by atoms with Crippen LogP contribution in [-0.4, -0.2) is 16.1 Å². The lowest BCUT2D eigenvalue weighted by atomic mass is 10.2. The fourth-order valence-electron chi connectivity index (χ4n) is 1.51. The number of aromatic nitrogens is 2. The molecule has 1 aromatic carbocycles. The van der Waals surface area contributed by atoms with Crippen molar-refractivity contribution in [2.24, 2.45) is 0 Å². The number of rotatable bonds is 2. The first-order chi connectivity index (χ1) is 8.72. The van der Waals surface area contributed by atoms with Gasteiger partial charge in [0.2, 0.25) is 5.13 Å². The summed E-state index contributed by atoms with van der Waals surface area (Å²) >= 11 is 2.56. The Balaban J connectivity index is 1.92. The van der Waals surface area contributed by atoms with Crippen molar-refractivity contribution in [3.05, 3.63) is 40.5 Å². The van der Waals surface area contributed by atoms with Crippen molar-refractivity contribution in [3.8, 4) is 0 Å². The monoisotopic (exact) mass is 279 g/mol. The summed E-state index contributed by atoms with van der Waals surface area (Å²) in [6, 6.07) is 6.12. The van der Waals surface area contributed by atoms with Gasteiger partial charge >= 0.3 is 0 Å². The first-order valence-corrected chi connectivity index (χ1v) is 6.68. The van der Waals surface area contributed by atoms with E-state index >= 15 is 0 Å². The molecular weight excluding hydrogens is 273 g/mol. The normalized spacial score (nSPS) is 10.7. The Morgan fingerprint density at radius 2 is 2.22 bits per heavy atom. The van der Waals surface area contributed by atoms with Crippen molar-refractivity contribution in [1.82, 2.24) is 10.2 Å². The Labute approximate surface area is 109 Å². The summed E-state index contributed by atoms with van der Waals surface area (Å²) in [7, 11) is 0. The van der Waals surface area contributed by atoms with Crippen LogP contribution in [0.3, 0.4) is 0 Å². The van der Waals surface area contributed by atoms with Gasteiger partial charge in [0, 0.05) is 4.70 Å². The van der Waals surface area contributed by atoms with Gasteiger partial charge in [-0.15, -0.1) is 21.5 Å². The summed E-state index contributed by atoms with van der Waals surface area (Å²) in [6.07, 6.45) is 0. The number of hydrogen-bond donors (Lipinski definition) is 1. The molecule has 0 aliphatic rings. The fourth-order valence-corrected chi connectivity index (χ4v) is 2.89. The first-order valence-electron chi connectivity index (χ1n) is 4.99. The molecule has 0 radical (unpaired) electrons. The van der Waals surface area contributed by atoms with Crippen molar-refractivity contribution in [2.45, 2.75) is 0 Å². The topological polar surface area (TPSA) is 54.9 Å². The summed E-state index contributed by atoms with van der Waals surface area (Å²) in [6.45, 7) is 0. The Hall–Kier alpha value is -1.86. The van der Waals surface area contributed by atoms with Crippen LogP contribution in [0.15, 0.2) is 29.8 Å². The van der Waals surface area contributed by atoms with Gasteiger partial charge < -0.3 is 0 Å². The molecular formula is C11H6FN3OS2. The molecule has 0 unspecified atom stereocenters. The lowest BCUT2D eigenvalue weighted by Crippen LogP contribution is -2.09. The molecule has 0 spiro atoms. The number of hydrogen-bond acceptors (Lipinski definition) is 5. The highest BCUT2D eigenvalue weighted by Crippen LogP contribution is 2.27. The molecule has 1 N–H and O–H groups in total. The highest BCUT2D eigenvalue weighted by molar-refractivity contribution is 7.21. The van der Waals surface area contributed by atoms with Crippen molar-refractivity contribution in [3.63, 3.8) is 0 Å². The summed E-state index contributed by atoms with van der Waals surface area (Å²) in [5.41, 5.74) is 1.54. The molecule has 2 heterocycles. The number of nitrogens with one attached hydrogen (secondary N) is 1. The van der Waals surface area contributed by atoms with Gasteiger partial charge in [-0.3, -0.25) is 10.1 Å². The molecule has 0 saturated carbocycles. The predicted octanol–water partition coefficient (Wildman–Crippen LogP) is 3.14. The molecule has 7 heteroatoms. The number of thiophene rings is 1. The van der Waals surface area contributed by atoms with E-state index in [1.165, 1.54) is 40.3 Å². The molecule has 2 aromatic heterocycles. The average Bonchev–Trinajstić information content (AvgIpc) is 2.96. The van der Waals surface area contributed by atoms with E-state index in [9.17, 15) is 9.18 Å². The first kappa shape index (κ1) is 11.2. The van der Waals surface area contributed by atoms with E-state index in [-0.39, 0.29) is 11.7 Å². The fraction of sp³-hybridized carbons (Fsp3) is 0. The minimum atomic E-state index is -0.309. The maximum Gasteiger partial charge on any atom is 0.267 e. The van der Waals surface area contributed by atoms with E-state index < -0.39 is 0 Å². The number of carbonyl (C=O) groups excluding carboxylic acids is 1. The van der Waals surface area contributed by atoms with Crippen LogP contribution in [0.4, 0.5) is 9.52 Å². The van der Waals surface area contributed by atoms with Crippen molar-refractivity contribution in [2.75, 3.05) is 5.32 Å². The van der Waals surface area contributed by atoms with Crippen molar-refractivity contribution >= 4 is 43.8 Å². The number of fused-ring (bicyclic) bond motifs is 1. The average molecular weight is 279 g/mol. The highest BCUT2D eigenvalue weighted by Gasteiger charge is 2.12. The van der Waals surface area contributed by atoms with Crippen LogP contribution < -0.4 is 5.32 Å². The van der Waals surface area contributed by atoms with Gasteiger partial charge in [0.15, 0.2) is 0 Å². The Morgan fingerprint density at radius 3 is 3.00 bits per heavy atom. The standard InChI is InChI=1S/C11H6FN3OS2/c12-7-1-2-8-6(3-7)4-9(18-8)10(16)14-11-15-13-5-17-11/h1-5H,(H,14,15,16). The minimum absolute atomic E-state index is 0.256. The van der Waals surface area contributed by atoms with Gasteiger partial charge in [-0.05, 0) is 29.7 Å². The van der Waals surface area contributed by atoms with Crippen LogP contribution in [0.25, 0.3) is 10.1 Å². The maximum atomic E-state index is 13.0. The van der Waals surface area contributed by atoms with Gasteiger partial charge in [0.1, 0.15) is 11.3 Å². The van der Waals surface area contributed by atoms with E-state index in [1.807, 2.05) is 0 Å². The lowest BCUT2D eigenvalue weighted by Gasteiger charge is -1.95. The molecule has 0 fully saturated rings. The number of nitrogens with zero attached hydrogens (tertiary/aromatic N) is 2. The largest absolute Gasteiger partial charge is 0.296 e. The van der Waals surface area contributed by atoms with E-state index in [2.05, 4.69) is 15.5 Å². The third kappa shape index (κ3) is 2.09. The maximum absolute atomic E-state index is 13.0. The Morgan fingerprint density at radius 1 is 1.33 bits per heavy atom. The van der Waals surface area contributed by atoms with Crippen LogP contribution >= 0.6 is 22.7 Å². The number of anilines is 1. The van der Waals surface area contributed by atoms with Gasteiger partial charge in [-0.1, -0.05) is 11.3 Å². The van der Waals surface area contributed by atoms with E-state index in [4.69, 9.17) is 0 Å². The molecule has 0 aliphatic heterocycles. The van der Waals surface area contributed by atoms with Gasteiger partial charge in [-0.2, -0.15) is 0 Å². The molecule has 0 saturated heterocycles. The van der Waals surface area contributed by atoms with Gasteiger partial charge in [0.05, 0.1) is 4.88 Å². The Bertz CT molecular complexity index is 708. The van der Waals surface area contributed by atoms with E-state index in [1.54, 1.807) is 12.1 Å². The van der Waals surface area contributed by atoms with E-state index in [0.717, 1.165) is 10.1 Å². The van der Waals surface area contributed by atoms with Crippen LogP contribution in [0.5, 0.6) is 0 Å². The molecule has 0 bridgehead atoms. The lowest BCUT2D eigenvalue weighted by molar-refractivity contribution is 0.103. The number of benzene rings is 1. The smallest absolute Gasteiger partial charge is 0.267 e. The SMILES string of the molecule is O=C(Nc1nncs1)c1cc2cc(F)ccc2s1. The summed E-state index contributed by atoms with van der Waals surface area (Å²) in [5.74, 6) is -0.565. The zero-order valence-electron chi connectivity index (χ0n) is 8.88. The quantitative estimate of drug-likeness (QED) is 0.784. The third-order valence-electron chi connectivity index (χ3n) is 2.28. The zero-order valence-corrected chi connectivity index (χ0v) is 10.5. The van der Waals surface area contributed by atoms with Crippen LogP contribution in [0.2, 0.25) is 0 Å². The van der Waals surface area contributed by atoms with Crippen molar-refractivity contribution < 1.29 is 9.18 Å². The molecule has 3 rings (SSSR count). The van der Waals surface area contributed by atoms with Crippen LogP contribution in [0, 0.1) is 5.82 Å². The van der Waals surface area contributed by atoms with Crippen molar-refractivity contribution in [1.29, 1.82) is 0 Å². The molecule has 1 amide bonds. The van der Waals surface area contributed by atoms with E-state index in [0.29, 0.717) is 10.0 Å². The summed E-state index contributed by atoms with van der Waals surface area (Å²) < 4.78 is 13.9. The van der Waals surface area contributed by atoms with Crippen LogP contribution in [-0.2, 0) is 0 Å². The molecule has 3 aromatic rings. The van der Waals surface area contributed by atoms with Crippen LogP contribution in [0.1, 0.15) is 9.67 Å². The molecule has 18 heavy (non-hydrogen) atoms. The number of carbonyl (C=O) groups is 1. The third-order valence-corrected chi connectivity index (χ3v) is 4.00. The molecule has 4 nitrogen and oxygen atoms in total. The Kier molecular flexibility index (Phi) is 2.77. The summed E-state index contributed by atoms with van der Waals surface area (Å²) in [4.78, 5) is 12.4. The molecule has 0 atom stereocenters. The summed E-state index contributed by atoms with van der Waals surface area (Å²) in [5, 5.41) is 11.2. The minimum Gasteiger partial charge on any atom is -0.296 e. The number of amides is 1.